The summed E-state index contributed by atoms with van der Waals surface area (Å²) in [6.45, 7) is 0.418. The van der Waals surface area contributed by atoms with Gasteiger partial charge in [0.2, 0.25) is 5.91 Å². The third-order valence-electron chi connectivity index (χ3n) is 2.71. The molecule has 0 aliphatic heterocycles. The molecular weight excluding hydrogens is 246 g/mol. The van der Waals surface area contributed by atoms with E-state index in [9.17, 15) is 9.59 Å². The molecule has 0 saturated carbocycles. The lowest BCUT2D eigenvalue weighted by molar-refractivity contribution is -0.137. The van der Waals surface area contributed by atoms with E-state index in [1.54, 1.807) is 7.11 Å². The van der Waals surface area contributed by atoms with E-state index in [4.69, 9.17) is 9.84 Å². The lowest BCUT2D eigenvalue weighted by Crippen LogP contribution is -2.22. The second-order valence-corrected chi connectivity index (χ2v) is 4.19. The van der Waals surface area contributed by atoms with Crippen molar-refractivity contribution in [3.63, 3.8) is 0 Å². The number of carbonyl (C=O) groups excluding carboxylic acids is 1. The fraction of sp³-hybridized carbons (Fsp3) is 0.429. The predicted molar refractivity (Wildman–Crippen MR) is 70.9 cm³/mol. The summed E-state index contributed by atoms with van der Waals surface area (Å²) in [7, 11) is 1.59. The zero-order chi connectivity index (χ0) is 14.1. The molecule has 1 rings (SSSR count). The average molecular weight is 265 g/mol. The van der Waals surface area contributed by atoms with E-state index in [1.807, 2.05) is 24.3 Å². The van der Waals surface area contributed by atoms with E-state index in [1.165, 1.54) is 0 Å². The van der Waals surface area contributed by atoms with Crippen molar-refractivity contribution in [3.05, 3.63) is 29.8 Å². The van der Waals surface area contributed by atoms with E-state index in [-0.39, 0.29) is 12.3 Å². The maximum Gasteiger partial charge on any atom is 0.303 e. The van der Waals surface area contributed by atoms with E-state index < -0.39 is 5.97 Å². The Balaban J connectivity index is 2.28. The number of para-hydroxylation sites is 1. The molecule has 1 aromatic rings. The average Bonchev–Trinajstić information content (AvgIpc) is 2.41. The van der Waals surface area contributed by atoms with Crippen molar-refractivity contribution in [1.82, 2.24) is 5.32 Å². The van der Waals surface area contributed by atoms with Gasteiger partial charge in [0.25, 0.3) is 0 Å². The molecule has 1 aromatic carbocycles. The van der Waals surface area contributed by atoms with Crippen molar-refractivity contribution in [2.75, 3.05) is 7.11 Å². The number of nitrogens with one attached hydrogen (secondary N) is 1. The van der Waals surface area contributed by atoms with Crippen LogP contribution < -0.4 is 10.1 Å². The largest absolute Gasteiger partial charge is 0.496 e. The summed E-state index contributed by atoms with van der Waals surface area (Å²) in [4.78, 5) is 21.9. The normalized spacial score (nSPS) is 9.95. The smallest absolute Gasteiger partial charge is 0.303 e. The molecule has 0 aromatic heterocycles. The molecule has 1 amide bonds. The molecule has 19 heavy (non-hydrogen) atoms. The minimum absolute atomic E-state index is 0.0729. The first-order valence-electron chi connectivity index (χ1n) is 6.24. The maximum atomic E-state index is 11.6. The summed E-state index contributed by atoms with van der Waals surface area (Å²) in [5.74, 6) is -0.153. The molecule has 0 bridgehead atoms. The van der Waals surface area contributed by atoms with Crippen LogP contribution in [0.4, 0.5) is 0 Å². The van der Waals surface area contributed by atoms with Crippen molar-refractivity contribution in [3.8, 4) is 5.75 Å². The summed E-state index contributed by atoms with van der Waals surface area (Å²) in [5, 5.41) is 11.3. The van der Waals surface area contributed by atoms with Crippen LogP contribution in [0.3, 0.4) is 0 Å². The van der Waals surface area contributed by atoms with Crippen LogP contribution in [0.1, 0.15) is 31.2 Å². The Kier molecular flexibility index (Phi) is 6.43. The van der Waals surface area contributed by atoms with Gasteiger partial charge < -0.3 is 15.2 Å². The number of ether oxygens (including phenoxy) is 1. The van der Waals surface area contributed by atoms with Crippen molar-refractivity contribution >= 4 is 11.9 Å². The van der Waals surface area contributed by atoms with E-state index in [0.717, 1.165) is 11.3 Å². The predicted octanol–water partition coefficient (Wildman–Crippen LogP) is 1.96. The molecule has 5 nitrogen and oxygen atoms in total. The van der Waals surface area contributed by atoms with Gasteiger partial charge in [0.1, 0.15) is 5.75 Å². The van der Waals surface area contributed by atoms with Crippen LogP contribution in [-0.4, -0.2) is 24.1 Å². The summed E-state index contributed by atoms with van der Waals surface area (Å²) >= 11 is 0. The number of carboxylic acid groups (broad SMARTS) is 1. The lowest BCUT2D eigenvalue weighted by atomic mass is 10.1. The van der Waals surface area contributed by atoms with Gasteiger partial charge in [-0.25, -0.2) is 0 Å². The lowest BCUT2D eigenvalue weighted by Gasteiger charge is -2.09. The van der Waals surface area contributed by atoms with Gasteiger partial charge in [0.05, 0.1) is 7.11 Å². The van der Waals surface area contributed by atoms with Crippen LogP contribution in [-0.2, 0) is 16.1 Å². The highest BCUT2D eigenvalue weighted by Crippen LogP contribution is 2.16. The number of hydrogen-bond acceptors (Lipinski definition) is 3. The van der Waals surface area contributed by atoms with Crippen LogP contribution in [0, 0.1) is 0 Å². The van der Waals surface area contributed by atoms with Gasteiger partial charge in [0.15, 0.2) is 0 Å². The van der Waals surface area contributed by atoms with Crippen LogP contribution >= 0.6 is 0 Å². The zero-order valence-corrected chi connectivity index (χ0v) is 11.0. The van der Waals surface area contributed by atoms with Crippen LogP contribution in [0.25, 0.3) is 0 Å². The Bertz CT molecular complexity index is 431. The van der Waals surface area contributed by atoms with Gasteiger partial charge >= 0.3 is 5.97 Å². The van der Waals surface area contributed by atoms with Crippen molar-refractivity contribution in [2.24, 2.45) is 0 Å². The Morgan fingerprint density at radius 1 is 1.21 bits per heavy atom. The molecule has 0 aliphatic carbocycles. The fourth-order valence-corrected chi connectivity index (χ4v) is 1.69. The standard InChI is InChI=1S/C14H19NO4/c1-19-12-7-3-2-6-11(12)10-15-13(16)8-4-5-9-14(17)18/h2-3,6-7H,4-5,8-10H2,1H3,(H,15,16)(H,17,18). The van der Waals surface area contributed by atoms with Gasteiger partial charge in [0, 0.05) is 24.9 Å². The van der Waals surface area contributed by atoms with Crippen LogP contribution in [0.15, 0.2) is 24.3 Å². The molecule has 0 heterocycles. The summed E-state index contributed by atoms with van der Waals surface area (Å²) in [5.41, 5.74) is 0.920. The summed E-state index contributed by atoms with van der Waals surface area (Å²) in [6.07, 6.45) is 1.57. The van der Waals surface area contributed by atoms with Crippen molar-refractivity contribution in [2.45, 2.75) is 32.2 Å². The monoisotopic (exact) mass is 265 g/mol. The number of carbonyl (C=O) groups is 2. The molecule has 2 N–H and O–H groups in total. The number of amides is 1. The zero-order valence-electron chi connectivity index (χ0n) is 11.0. The van der Waals surface area contributed by atoms with Gasteiger partial charge in [-0.1, -0.05) is 18.2 Å². The Hall–Kier alpha value is -2.04. The molecule has 5 heteroatoms. The molecule has 0 radical (unpaired) electrons. The van der Waals surface area contributed by atoms with Gasteiger partial charge in [-0.2, -0.15) is 0 Å². The first-order valence-corrected chi connectivity index (χ1v) is 6.24. The van der Waals surface area contributed by atoms with Crippen molar-refractivity contribution < 1.29 is 19.4 Å². The van der Waals surface area contributed by atoms with Crippen LogP contribution in [0.5, 0.6) is 5.75 Å². The quantitative estimate of drug-likeness (QED) is 0.704. The Morgan fingerprint density at radius 2 is 1.89 bits per heavy atom. The topological polar surface area (TPSA) is 75.6 Å². The second-order valence-electron chi connectivity index (χ2n) is 4.19. The van der Waals surface area contributed by atoms with Gasteiger partial charge in [-0.3, -0.25) is 9.59 Å². The number of methoxy groups -OCH3 is 1. The highest BCUT2D eigenvalue weighted by Gasteiger charge is 2.05. The number of carboxylic acids is 1. The Morgan fingerprint density at radius 3 is 2.58 bits per heavy atom. The number of hydrogen-bond donors (Lipinski definition) is 2. The van der Waals surface area contributed by atoms with Gasteiger partial charge in [-0.15, -0.1) is 0 Å². The molecule has 0 spiro atoms. The first-order chi connectivity index (χ1) is 9.13. The Labute approximate surface area is 112 Å². The minimum atomic E-state index is -0.825. The molecule has 0 fully saturated rings. The SMILES string of the molecule is COc1ccccc1CNC(=O)CCCCC(=O)O. The summed E-state index contributed by atoms with van der Waals surface area (Å²) < 4.78 is 5.19. The van der Waals surface area contributed by atoms with Crippen molar-refractivity contribution in [1.29, 1.82) is 0 Å². The fourth-order valence-electron chi connectivity index (χ4n) is 1.69. The van der Waals surface area contributed by atoms with E-state index in [2.05, 4.69) is 5.32 Å². The highest BCUT2D eigenvalue weighted by molar-refractivity contribution is 5.76. The number of rotatable bonds is 8. The number of aliphatic carboxylic acids is 1. The molecule has 104 valence electrons. The molecular formula is C14H19NO4. The second kappa shape index (κ2) is 8.13. The summed E-state index contributed by atoms with van der Waals surface area (Å²) in [6, 6.07) is 7.49. The molecule has 0 aliphatic rings. The third kappa shape index (κ3) is 5.90. The van der Waals surface area contributed by atoms with E-state index in [0.29, 0.717) is 25.8 Å². The van der Waals surface area contributed by atoms with Crippen LogP contribution in [0.2, 0.25) is 0 Å². The minimum Gasteiger partial charge on any atom is -0.496 e. The maximum absolute atomic E-state index is 11.6. The number of unbranched alkanes of at least 4 members (excludes halogenated alkanes) is 1. The first kappa shape index (κ1) is 15.0. The molecule has 0 unspecified atom stereocenters. The third-order valence-corrected chi connectivity index (χ3v) is 2.71. The highest BCUT2D eigenvalue weighted by atomic mass is 16.5. The molecule has 0 atom stereocenters. The van der Waals surface area contributed by atoms with E-state index >= 15 is 0 Å². The number of benzene rings is 1. The molecule has 0 saturated heterocycles. The van der Waals surface area contributed by atoms with Gasteiger partial charge in [-0.05, 0) is 18.9 Å².